The van der Waals surface area contributed by atoms with Gasteiger partial charge in [0.2, 0.25) is 0 Å². The van der Waals surface area contributed by atoms with Crippen LogP contribution in [0.4, 0.5) is 0 Å². The first-order valence-corrected chi connectivity index (χ1v) is 8.97. The summed E-state index contributed by atoms with van der Waals surface area (Å²) in [7, 11) is 1.79. The first-order chi connectivity index (χ1) is 12.5. The number of benzene rings is 1. The molecule has 0 fully saturated rings. The number of aromatic nitrogens is 3. The fourth-order valence-electron chi connectivity index (χ4n) is 2.74. The van der Waals surface area contributed by atoms with E-state index in [1.54, 1.807) is 13.2 Å². The molecule has 0 spiro atoms. The summed E-state index contributed by atoms with van der Waals surface area (Å²) in [6.07, 6.45) is 1.19. The van der Waals surface area contributed by atoms with E-state index in [0.29, 0.717) is 17.3 Å². The number of fused-ring (bicyclic) bond motifs is 1. The monoisotopic (exact) mass is 374 g/mol. The van der Waals surface area contributed by atoms with Crippen molar-refractivity contribution in [2.75, 3.05) is 20.2 Å². The molecule has 0 radical (unpaired) electrons. The third-order valence-corrected chi connectivity index (χ3v) is 4.33. The Morgan fingerprint density at radius 2 is 2.12 bits per heavy atom. The van der Waals surface area contributed by atoms with Gasteiger partial charge in [0.25, 0.3) is 0 Å². The van der Waals surface area contributed by atoms with Gasteiger partial charge in [-0.2, -0.15) is 5.10 Å². The predicted octanol–water partition coefficient (Wildman–Crippen LogP) is 3.29. The maximum Gasteiger partial charge on any atom is 0.160 e. The van der Waals surface area contributed by atoms with Crippen molar-refractivity contribution in [3.63, 3.8) is 0 Å². The molecule has 1 unspecified atom stereocenters. The molecule has 6 nitrogen and oxygen atoms in total. The summed E-state index contributed by atoms with van der Waals surface area (Å²) < 4.78 is 7.54. The molecule has 0 saturated heterocycles. The van der Waals surface area contributed by atoms with Crippen molar-refractivity contribution >= 4 is 22.6 Å². The van der Waals surface area contributed by atoms with Crippen LogP contribution in [0.2, 0.25) is 5.02 Å². The lowest BCUT2D eigenvalue weighted by molar-refractivity contribution is 0.108. The highest BCUT2D eigenvalue weighted by Crippen LogP contribution is 2.30. The third-order valence-electron chi connectivity index (χ3n) is 4.02. The van der Waals surface area contributed by atoms with E-state index in [1.165, 1.54) is 0 Å². The summed E-state index contributed by atoms with van der Waals surface area (Å²) in [4.78, 5) is 4.75. The Labute approximate surface area is 157 Å². The van der Waals surface area contributed by atoms with Gasteiger partial charge in [0.1, 0.15) is 18.5 Å². The number of aliphatic hydroxyl groups excluding tert-OH is 1. The zero-order chi connectivity index (χ0) is 18.7. The van der Waals surface area contributed by atoms with Gasteiger partial charge in [0.15, 0.2) is 5.65 Å². The molecule has 2 N–H and O–H groups in total. The average Bonchev–Trinajstić information content (AvgIpc) is 3.05. The Morgan fingerprint density at radius 3 is 2.85 bits per heavy atom. The normalized spacial score (nSPS) is 12.7. The van der Waals surface area contributed by atoms with E-state index in [9.17, 15) is 5.11 Å². The second-order valence-corrected chi connectivity index (χ2v) is 6.87. The van der Waals surface area contributed by atoms with Gasteiger partial charge in [-0.05, 0) is 39.1 Å². The lowest BCUT2D eigenvalue weighted by Crippen LogP contribution is -2.29. The van der Waals surface area contributed by atoms with Crippen LogP contribution in [0.25, 0.3) is 22.3 Å². The minimum atomic E-state index is -0.562. The summed E-state index contributed by atoms with van der Waals surface area (Å²) >= 11 is 6.44. The van der Waals surface area contributed by atoms with Crippen LogP contribution in [0.1, 0.15) is 19.9 Å². The molecule has 0 amide bonds. The summed E-state index contributed by atoms with van der Waals surface area (Å²) in [5, 5.41) is 18.5. The number of hydrogen-bond donors (Lipinski definition) is 2. The summed E-state index contributed by atoms with van der Waals surface area (Å²) in [5.41, 5.74) is 2.41. The molecule has 0 saturated carbocycles. The molecule has 0 bridgehead atoms. The number of pyridine rings is 1. The number of nitrogens with zero attached hydrogens (tertiary/aromatic N) is 3. The summed E-state index contributed by atoms with van der Waals surface area (Å²) in [6, 6.07) is 9.63. The van der Waals surface area contributed by atoms with Crippen molar-refractivity contribution in [3.05, 3.63) is 41.6 Å². The number of aliphatic hydroxyl groups is 1. The molecule has 1 aromatic carbocycles. The highest BCUT2D eigenvalue weighted by molar-refractivity contribution is 6.35. The van der Waals surface area contributed by atoms with Crippen LogP contribution in [-0.2, 0) is 0 Å². The molecule has 0 aliphatic carbocycles. The topological polar surface area (TPSA) is 72.2 Å². The Hall–Kier alpha value is -2.15. The lowest BCUT2D eigenvalue weighted by atomic mass is 10.1. The van der Waals surface area contributed by atoms with Gasteiger partial charge < -0.3 is 15.2 Å². The van der Waals surface area contributed by atoms with Gasteiger partial charge in [0.05, 0.1) is 22.3 Å². The van der Waals surface area contributed by atoms with Crippen molar-refractivity contribution in [3.8, 4) is 17.0 Å². The molecule has 2 heterocycles. The number of nitrogens with one attached hydrogen (secondary N) is 1. The van der Waals surface area contributed by atoms with Gasteiger partial charge in [-0.25, -0.2) is 9.67 Å². The third kappa shape index (κ3) is 3.98. The zero-order valence-corrected chi connectivity index (χ0v) is 15.9. The second kappa shape index (κ2) is 8.03. The van der Waals surface area contributed by atoms with Crippen LogP contribution in [0.3, 0.4) is 0 Å². The van der Waals surface area contributed by atoms with Crippen LogP contribution in [-0.4, -0.2) is 46.2 Å². The highest BCUT2D eigenvalue weighted by Gasteiger charge is 2.13. The number of ether oxygens (including phenoxy) is 1. The number of hydrogen-bond acceptors (Lipinski definition) is 5. The van der Waals surface area contributed by atoms with E-state index in [4.69, 9.17) is 21.3 Å². The molecular weight excluding hydrogens is 352 g/mol. The molecule has 0 aliphatic rings. The fourth-order valence-corrected chi connectivity index (χ4v) is 2.97. The smallest absolute Gasteiger partial charge is 0.160 e. The molecule has 2 aromatic heterocycles. The molecule has 0 aliphatic heterocycles. The van der Waals surface area contributed by atoms with Gasteiger partial charge >= 0.3 is 0 Å². The van der Waals surface area contributed by atoms with Crippen LogP contribution in [0.5, 0.6) is 5.75 Å². The molecular formula is C19H23ClN4O2. The number of halogens is 1. The largest absolute Gasteiger partial charge is 0.491 e. The Morgan fingerprint density at radius 1 is 1.31 bits per heavy atom. The summed E-state index contributed by atoms with van der Waals surface area (Å²) in [6.45, 7) is 4.81. The van der Waals surface area contributed by atoms with Crippen molar-refractivity contribution in [1.82, 2.24) is 20.1 Å². The van der Waals surface area contributed by atoms with Crippen molar-refractivity contribution in [1.29, 1.82) is 0 Å². The molecule has 3 aromatic rings. The average molecular weight is 375 g/mol. The molecule has 26 heavy (non-hydrogen) atoms. The minimum Gasteiger partial charge on any atom is -0.491 e. The SMILES string of the molecule is CNCC(O)COc1cccc(-c2cc(Cl)c3cnn(C(C)C)c3n2)c1. The van der Waals surface area contributed by atoms with Crippen molar-refractivity contribution in [2.45, 2.75) is 26.0 Å². The van der Waals surface area contributed by atoms with E-state index >= 15 is 0 Å². The first-order valence-electron chi connectivity index (χ1n) is 8.59. The van der Waals surface area contributed by atoms with Crippen LogP contribution >= 0.6 is 11.6 Å². The fraction of sp³-hybridized carbons (Fsp3) is 0.368. The Balaban J connectivity index is 1.91. The van der Waals surface area contributed by atoms with E-state index in [0.717, 1.165) is 22.3 Å². The first kappa shape index (κ1) is 18.6. The van der Waals surface area contributed by atoms with Crippen LogP contribution in [0, 0.1) is 0 Å². The number of rotatable bonds is 7. The maximum atomic E-state index is 9.78. The highest BCUT2D eigenvalue weighted by atomic mass is 35.5. The predicted molar refractivity (Wildman–Crippen MR) is 104 cm³/mol. The Bertz CT molecular complexity index is 894. The van der Waals surface area contributed by atoms with Crippen LogP contribution < -0.4 is 10.1 Å². The van der Waals surface area contributed by atoms with Gasteiger partial charge in [0, 0.05) is 18.2 Å². The zero-order valence-electron chi connectivity index (χ0n) is 15.1. The van der Waals surface area contributed by atoms with E-state index in [1.807, 2.05) is 35.0 Å². The standard InChI is InChI=1S/C19H23ClN4O2/c1-12(2)24-19-16(10-22-24)17(20)8-18(23-19)13-5-4-6-15(7-13)26-11-14(25)9-21-3/h4-8,10,12,14,21,25H,9,11H2,1-3H3. The van der Waals surface area contributed by atoms with Gasteiger partial charge in [-0.1, -0.05) is 23.7 Å². The Kier molecular flexibility index (Phi) is 5.76. The maximum absolute atomic E-state index is 9.78. The van der Waals surface area contributed by atoms with Crippen molar-refractivity contribution < 1.29 is 9.84 Å². The van der Waals surface area contributed by atoms with E-state index in [-0.39, 0.29) is 12.6 Å². The quantitative estimate of drug-likeness (QED) is 0.664. The number of likely N-dealkylation sites (N-methyl/N-ethyl adjacent to an activating group) is 1. The molecule has 1 atom stereocenters. The molecule has 7 heteroatoms. The minimum absolute atomic E-state index is 0.189. The van der Waals surface area contributed by atoms with E-state index in [2.05, 4.69) is 24.3 Å². The van der Waals surface area contributed by atoms with Crippen molar-refractivity contribution in [2.24, 2.45) is 0 Å². The second-order valence-electron chi connectivity index (χ2n) is 6.46. The van der Waals surface area contributed by atoms with Gasteiger partial charge in [-0.15, -0.1) is 0 Å². The lowest BCUT2D eigenvalue weighted by Gasteiger charge is -2.13. The van der Waals surface area contributed by atoms with Gasteiger partial charge in [-0.3, -0.25) is 0 Å². The van der Waals surface area contributed by atoms with Crippen LogP contribution in [0.15, 0.2) is 36.5 Å². The molecule has 3 rings (SSSR count). The van der Waals surface area contributed by atoms with E-state index < -0.39 is 6.10 Å². The summed E-state index contributed by atoms with van der Waals surface area (Å²) in [5.74, 6) is 0.674. The molecule has 138 valence electrons.